The van der Waals surface area contributed by atoms with Crippen LogP contribution < -0.4 is 0 Å². The highest BCUT2D eigenvalue weighted by molar-refractivity contribution is 5.81. The second kappa shape index (κ2) is 8.54. The van der Waals surface area contributed by atoms with E-state index in [0.29, 0.717) is 6.61 Å². The minimum absolute atomic E-state index is 0.241. The van der Waals surface area contributed by atoms with Crippen molar-refractivity contribution in [3.8, 4) is 0 Å². The van der Waals surface area contributed by atoms with Crippen molar-refractivity contribution in [3.05, 3.63) is 23.8 Å². The number of carbonyl (C=O) groups excluding carboxylic acids is 1. The van der Waals surface area contributed by atoms with E-state index in [9.17, 15) is 4.79 Å². The average molecular weight is 196 g/mol. The summed E-state index contributed by atoms with van der Waals surface area (Å²) >= 11 is 0. The Morgan fingerprint density at radius 2 is 2.00 bits per heavy atom. The SMILES string of the molecule is CCOC(=O)/C=C/CCCC=C(C)C. The molecule has 2 heteroatoms. The molecule has 0 aliphatic rings. The molecule has 0 aromatic heterocycles. The molecule has 80 valence electrons. The van der Waals surface area contributed by atoms with Crippen molar-refractivity contribution < 1.29 is 9.53 Å². The molecule has 0 spiro atoms. The Kier molecular flexibility index (Phi) is 7.90. The van der Waals surface area contributed by atoms with E-state index < -0.39 is 0 Å². The van der Waals surface area contributed by atoms with Crippen LogP contribution in [0.4, 0.5) is 0 Å². The lowest BCUT2D eigenvalue weighted by Gasteiger charge is -1.94. The van der Waals surface area contributed by atoms with Gasteiger partial charge in [-0.1, -0.05) is 17.7 Å². The molecule has 0 rings (SSSR count). The van der Waals surface area contributed by atoms with Crippen LogP contribution in [0.2, 0.25) is 0 Å². The summed E-state index contributed by atoms with van der Waals surface area (Å²) < 4.78 is 4.75. The summed E-state index contributed by atoms with van der Waals surface area (Å²) in [5, 5.41) is 0. The van der Waals surface area contributed by atoms with E-state index in [-0.39, 0.29) is 5.97 Å². The summed E-state index contributed by atoms with van der Waals surface area (Å²) in [5.41, 5.74) is 1.35. The molecule has 0 saturated heterocycles. The van der Waals surface area contributed by atoms with E-state index in [2.05, 4.69) is 19.9 Å². The Bertz CT molecular complexity index is 210. The zero-order valence-electron chi connectivity index (χ0n) is 9.38. The highest BCUT2D eigenvalue weighted by Gasteiger charge is 1.91. The minimum atomic E-state index is -0.241. The van der Waals surface area contributed by atoms with Gasteiger partial charge in [-0.2, -0.15) is 0 Å². The van der Waals surface area contributed by atoms with Gasteiger partial charge in [-0.3, -0.25) is 0 Å². The van der Waals surface area contributed by atoms with Gasteiger partial charge in [-0.15, -0.1) is 0 Å². The largest absolute Gasteiger partial charge is 0.463 e. The van der Waals surface area contributed by atoms with E-state index in [0.717, 1.165) is 19.3 Å². The second-order valence-electron chi connectivity index (χ2n) is 3.37. The number of unbranched alkanes of at least 4 members (excludes halogenated alkanes) is 2. The molecule has 0 aromatic carbocycles. The van der Waals surface area contributed by atoms with Crippen LogP contribution in [0.15, 0.2) is 23.8 Å². The Labute approximate surface area is 86.6 Å². The molecule has 14 heavy (non-hydrogen) atoms. The van der Waals surface area contributed by atoms with Gasteiger partial charge in [-0.25, -0.2) is 4.79 Å². The third-order valence-electron chi connectivity index (χ3n) is 1.67. The van der Waals surface area contributed by atoms with E-state index in [1.54, 1.807) is 6.92 Å². The van der Waals surface area contributed by atoms with Gasteiger partial charge in [0.05, 0.1) is 6.61 Å². The van der Waals surface area contributed by atoms with E-state index in [4.69, 9.17) is 4.74 Å². The van der Waals surface area contributed by atoms with Gasteiger partial charge in [0.15, 0.2) is 0 Å². The molecule has 0 unspecified atom stereocenters. The maximum atomic E-state index is 10.9. The van der Waals surface area contributed by atoms with Crippen LogP contribution in [0.3, 0.4) is 0 Å². The minimum Gasteiger partial charge on any atom is -0.463 e. The smallest absolute Gasteiger partial charge is 0.330 e. The third-order valence-corrected chi connectivity index (χ3v) is 1.67. The first-order valence-corrected chi connectivity index (χ1v) is 5.13. The molecule has 0 fully saturated rings. The lowest BCUT2D eigenvalue weighted by atomic mass is 10.2. The summed E-state index contributed by atoms with van der Waals surface area (Å²) in [6.07, 6.45) is 8.68. The van der Waals surface area contributed by atoms with Crippen molar-refractivity contribution in [1.29, 1.82) is 0 Å². The molecule has 0 saturated carbocycles. The summed E-state index contributed by atoms with van der Waals surface area (Å²) in [4.78, 5) is 10.9. The predicted octanol–water partition coefficient (Wildman–Crippen LogP) is 3.24. The van der Waals surface area contributed by atoms with Crippen LogP contribution in [-0.4, -0.2) is 12.6 Å². The summed E-state index contributed by atoms with van der Waals surface area (Å²) in [6.45, 7) is 6.43. The lowest BCUT2D eigenvalue weighted by Crippen LogP contribution is -1.98. The van der Waals surface area contributed by atoms with Crippen LogP contribution in [0, 0.1) is 0 Å². The fraction of sp³-hybridized carbons (Fsp3) is 0.583. The fourth-order valence-corrected chi connectivity index (χ4v) is 0.996. The third kappa shape index (κ3) is 9.04. The molecule has 0 aliphatic heterocycles. The number of hydrogen-bond acceptors (Lipinski definition) is 2. The molecule has 0 aliphatic carbocycles. The van der Waals surface area contributed by atoms with Crippen LogP contribution in [-0.2, 0) is 9.53 Å². The van der Waals surface area contributed by atoms with Crippen LogP contribution in [0.5, 0.6) is 0 Å². The number of allylic oxidation sites excluding steroid dienone is 3. The van der Waals surface area contributed by atoms with Crippen LogP contribution >= 0.6 is 0 Å². The second-order valence-corrected chi connectivity index (χ2v) is 3.37. The molecule has 0 radical (unpaired) electrons. The highest BCUT2D eigenvalue weighted by atomic mass is 16.5. The molecule has 0 N–H and O–H groups in total. The predicted molar refractivity (Wildman–Crippen MR) is 59.1 cm³/mol. The van der Waals surface area contributed by atoms with Gasteiger partial charge in [-0.05, 0) is 40.0 Å². The average Bonchev–Trinajstić information content (AvgIpc) is 2.11. The number of carbonyl (C=O) groups is 1. The summed E-state index contributed by atoms with van der Waals surface area (Å²) in [6, 6.07) is 0. The first-order valence-electron chi connectivity index (χ1n) is 5.13. The zero-order valence-corrected chi connectivity index (χ0v) is 9.38. The van der Waals surface area contributed by atoms with Gasteiger partial charge in [0.25, 0.3) is 0 Å². The first kappa shape index (κ1) is 12.9. The van der Waals surface area contributed by atoms with Crippen molar-refractivity contribution in [2.45, 2.75) is 40.0 Å². The molecule has 0 bridgehead atoms. The topological polar surface area (TPSA) is 26.3 Å². The quantitative estimate of drug-likeness (QED) is 0.282. The lowest BCUT2D eigenvalue weighted by molar-refractivity contribution is -0.137. The highest BCUT2D eigenvalue weighted by Crippen LogP contribution is 2.01. The number of hydrogen-bond donors (Lipinski definition) is 0. The summed E-state index contributed by atoms with van der Waals surface area (Å²) in [5.74, 6) is -0.241. The molecule has 0 atom stereocenters. The Morgan fingerprint density at radius 1 is 1.29 bits per heavy atom. The number of rotatable bonds is 6. The van der Waals surface area contributed by atoms with Gasteiger partial charge in [0.1, 0.15) is 0 Å². The molecule has 0 amide bonds. The molecular weight excluding hydrogens is 176 g/mol. The normalized spacial score (nSPS) is 10.2. The Hall–Kier alpha value is -1.05. The molecule has 2 nitrogen and oxygen atoms in total. The van der Waals surface area contributed by atoms with E-state index in [1.165, 1.54) is 11.6 Å². The first-order chi connectivity index (χ1) is 6.66. The molecule has 0 aromatic rings. The molecule has 0 heterocycles. The number of esters is 1. The van der Waals surface area contributed by atoms with Crippen LogP contribution in [0.25, 0.3) is 0 Å². The van der Waals surface area contributed by atoms with Gasteiger partial charge < -0.3 is 4.74 Å². The summed E-state index contributed by atoms with van der Waals surface area (Å²) in [7, 11) is 0. The van der Waals surface area contributed by atoms with Gasteiger partial charge >= 0.3 is 5.97 Å². The maximum absolute atomic E-state index is 10.9. The maximum Gasteiger partial charge on any atom is 0.330 e. The van der Waals surface area contributed by atoms with Gasteiger partial charge in [0.2, 0.25) is 0 Å². The molecular formula is C12H20O2. The van der Waals surface area contributed by atoms with Crippen molar-refractivity contribution in [2.75, 3.05) is 6.61 Å². The standard InChI is InChI=1S/C12H20O2/c1-4-14-12(13)10-8-6-5-7-9-11(2)3/h8-10H,4-7H2,1-3H3/b10-8+. The van der Waals surface area contributed by atoms with Gasteiger partial charge in [0, 0.05) is 6.08 Å². The Morgan fingerprint density at radius 3 is 2.57 bits per heavy atom. The zero-order chi connectivity index (χ0) is 10.8. The monoisotopic (exact) mass is 196 g/mol. The van der Waals surface area contributed by atoms with E-state index >= 15 is 0 Å². The van der Waals surface area contributed by atoms with Crippen molar-refractivity contribution in [1.82, 2.24) is 0 Å². The van der Waals surface area contributed by atoms with Crippen LogP contribution in [0.1, 0.15) is 40.0 Å². The number of ether oxygens (including phenoxy) is 1. The Balaban J connectivity index is 3.44. The van der Waals surface area contributed by atoms with E-state index in [1.807, 2.05) is 6.08 Å². The fourth-order valence-electron chi connectivity index (χ4n) is 0.996. The van der Waals surface area contributed by atoms with Crippen molar-refractivity contribution in [3.63, 3.8) is 0 Å². The van der Waals surface area contributed by atoms with Crippen molar-refractivity contribution >= 4 is 5.97 Å². The van der Waals surface area contributed by atoms with Crippen molar-refractivity contribution in [2.24, 2.45) is 0 Å².